The summed E-state index contributed by atoms with van der Waals surface area (Å²) in [6, 6.07) is 4.81. The van der Waals surface area contributed by atoms with Gasteiger partial charge < -0.3 is 10.4 Å². The maximum Gasteiger partial charge on any atom is 0.251 e. The number of β-amino-alcohol motifs (C(OH)–C–C–N with tert-alkyl or cyclic N) is 1. The van der Waals surface area contributed by atoms with Gasteiger partial charge in [0, 0.05) is 41.8 Å². The number of nitrogens with zero attached hydrogens (tertiary/aromatic N) is 1. The van der Waals surface area contributed by atoms with E-state index in [-0.39, 0.29) is 17.0 Å². The van der Waals surface area contributed by atoms with E-state index in [1.165, 1.54) is 6.07 Å². The molecule has 1 unspecified atom stereocenters. The van der Waals surface area contributed by atoms with Crippen molar-refractivity contribution in [2.24, 2.45) is 11.8 Å². The molecule has 136 valence electrons. The third kappa shape index (κ3) is 3.69. The van der Waals surface area contributed by atoms with Crippen molar-refractivity contribution >= 4 is 17.5 Å². The Morgan fingerprint density at radius 1 is 1.36 bits per heavy atom. The first-order valence-electron chi connectivity index (χ1n) is 9.08. The fourth-order valence-electron chi connectivity index (χ4n) is 3.87. The minimum atomic E-state index is -0.635. The van der Waals surface area contributed by atoms with Crippen LogP contribution in [0.4, 0.5) is 4.39 Å². The first kappa shape index (κ1) is 17.3. The lowest BCUT2D eigenvalue weighted by Gasteiger charge is -2.48. The molecule has 2 N–H and O–H groups in total. The Morgan fingerprint density at radius 3 is 2.64 bits per heavy atom. The molecular weight excluding hydrogens is 343 g/mol. The van der Waals surface area contributed by atoms with E-state index in [0.29, 0.717) is 36.1 Å². The van der Waals surface area contributed by atoms with Crippen LogP contribution >= 0.6 is 11.6 Å². The molecule has 1 aromatic rings. The summed E-state index contributed by atoms with van der Waals surface area (Å²) in [5.74, 6) is 0.829. The standard InChI is InChI=1S/C19H24ClFN2O2/c20-16-7-13(3-4-14(16)8-21)18(24)22-17(12-1-2-12)9-23-10-19(25,11-23)15-5-6-15/h3-4,7,12,15,17,25H,1-2,5-6,8-11H2,(H,22,24). The van der Waals surface area contributed by atoms with Gasteiger partial charge in [-0.05, 0) is 49.7 Å². The molecule has 1 saturated heterocycles. The molecule has 4 rings (SSSR count). The van der Waals surface area contributed by atoms with Gasteiger partial charge in [0.1, 0.15) is 6.67 Å². The Kier molecular flexibility index (Phi) is 4.50. The molecule has 4 nitrogen and oxygen atoms in total. The van der Waals surface area contributed by atoms with Crippen LogP contribution in [-0.2, 0) is 6.67 Å². The van der Waals surface area contributed by atoms with E-state index in [2.05, 4.69) is 10.2 Å². The number of carbonyl (C=O) groups is 1. The third-order valence-electron chi connectivity index (χ3n) is 5.75. The van der Waals surface area contributed by atoms with Crippen molar-refractivity contribution in [3.63, 3.8) is 0 Å². The van der Waals surface area contributed by atoms with E-state index in [4.69, 9.17) is 11.6 Å². The normalized spacial score (nSPS) is 23.8. The van der Waals surface area contributed by atoms with Crippen LogP contribution in [0, 0.1) is 11.8 Å². The molecule has 1 aromatic carbocycles. The lowest BCUT2D eigenvalue weighted by Crippen LogP contribution is -2.65. The Labute approximate surface area is 152 Å². The van der Waals surface area contributed by atoms with Gasteiger partial charge in [0.25, 0.3) is 5.91 Å². The highest BCUT2D eigenvalue weighted by molar-refractivity contribution is 6.31. The maximum absolute atomic E-state index is 12.7. The molecule has 1 atom stereocenters. The van der Waals surface area contributed by atoms with E-state index in [1.54, 1.807) is 12.1 Å². The monoisotopic (exact) mass is 366 g/mol. The van der Waals surface area contributed by atoms with Gasteiger partial charge in [-0.2, -0.15) is 0 Å². The minimum absolute atomic E-state index is 0.0934. The predicted molar refractivity (Wildman–Crippen MR) is 94.4 cm³/mol. The van der Waals surface area contributed by atoms with Gasteiger partial charge in [0.2, 0.25) is 0 Å². The smallest absolute Gasteiger partial charge is 0.251 e. The van der Waals surface area contributed by atoms with Gasteiger partial charge in [0.15, 0.2) is 0 Å². The number of rotatable bonds is 7. The molecule has 2 saturated carbocycles. The molecule has 25 heavy (non-hydrogen) atoms. The largest absolute Gasteiger partial charge is 0.387 e. The molecule has 6 heteroatoms. The van der Waals surface area contributed by atoms with Crippen molar-refractivity contribution in [1.29, 1.82) is 0 Å². The van der Waals surface area contributed by atoms with Crippen LogP contribution in [0.5, 0.6) is 0 Å². The summed E-state index contributed by atoms with van der Waals surface area (Å²) in [7, 11) is 0. The van der Waals surface area contributed by atoms with Crippen LogP contribution in [0.25, 0.3) is 0 Å². The first-order chi connectivity index (χ1) is 12.0. The van der Waals surface area contributed by atoms with E-state index in [0.717, 1.165) is 32.2 Å². The number of benzene rings is 1. The lowest BCUT2D eigenvalue weighted by atomic mass is 9.88. The van der Waals surface area contributed by atoms with Gasteiger partial charge in [-0.15, -0.1) is 0 Å². The Morgan fingerprint density at radius 2 is 2.08 bits per heavy atom. The van der Waals surface area contributed by atoms with Crippen LogP contribution in [0.1, 0.15) is 41.6 Å². The van der Waals surface area contributed by atoms with Crippen LogP contribution in [0.3, 0.4) is 0 Å². The number of carbonyl (C=O) groups excluding carboxylic acids is 1. The number of likely N-dealkylation sites (tertiary alicyclic amines) is 1. The number of halogens is 2. The van der Waals surface area contributed by atoms with Crippen molar-refractivity contribution < 1.29 is 14.3 Å². The van der Waals surface area contributed by atoms with Crippen molar-refractivity contribution in [3.05, 3.63) is 34.3 Å². The quantitative estimate of drug-likeness (QED) is 0.780. The number of hydrogen-bond donors (Lipinski definition) is 2. The van der Waals surface area contributed by atoms with E-state index in [1.807, 2.05) is 0 Å². The summed E-state index contributed by atoms with van der Waals surface area (Å²) in [6.07, 6.45) is 4.55. The van der Waals surface area contributed by atoms with Gasteiger partial charge in [-0.3, -0.25) is 9.69 Å². The highest BCUT2D eigenvalue weighted by Gasteiger charge is 2.52. The Hall–Kier alpha value is -1.17. The number of aliphatic hydroxyl groups is 1. The highest BCUT2D eigenvalue weighted by Crippen LogP contribution is 2.45. The molecule has 0 bridgehead atoms. The van der Waals surface area contributed by atoms with E-state index in [9.17, 15) is 14.3 Å². The summed E-state index contributed by atoms with van der Waals surface area (Å²) >= 11 is 6.01. The van der Waals surface area contributed by atoms with Gasteiger partial charge in [-0.25, -0.2) is 4.39 Å². The molecule has 1 amide bonds. The SMILES string of the molecule is O=C(NC(CN1CC(O)(C2CC2)C1)C1CC1)c1ccc(CF)c(Cl)c1. The Bertz CT molecular complexity index is 669. The summed E-state index contributed by atoms with van der Waals surface area (Å²) in [4.78, 5) is 14.8. The van der Waals surface area contributed by atoms with Crippen molar-refractivity contribution in [2.45, 2.75) is 44.0 Å². The van der Waals surface area contributed by atoms with Crippen molar-refractivity contribution in [2.75, 3.05) is 19.6 Å². The molecule has 3 aliphatic rings. The maximum atomic E-state index is 12.7. The number of amides is 1. The second-order valence-electron chi connectivity index (χ2n) is 7.90. The molecule has 2 aliphatic carbocycles. The molecule has 1 heterocycles. The van der Waals surface area contributed by atoms with Gasteiger partial charge in [0.05, 0.1) is 5.60 Å². The minimum Gasteiger partial charge on any atom is -0.387 e. The molecule has 0 spiro atoms. The van der Waals surface area contributed by atoms with Crippen LogP contribution in [0.2, 0.25) is 5.02 Å². The highest BCUT2D eigenvalue weighted by atomic mass is 35.5. The average Bonchev–Trinajstić information content (AvgIpc) is 3.44. The zero-order chi connectivity index (χ0) is 17.6. The fourth-order valence-corrected chi connectivity index (χ4v) is 4.11. The van der Waals surface area contributed by atoms with Crippen molar-refractivity contribution in [1.82, 2.24) is 10.2 Å². The van der Waals surface area contributed by atoms with Gasteiger partial charge >= 0.3 is 0 Å². The summed E-state index contributed by atoms with van der Waals surface area (Å²) in [6.45, 7) is 1.58. The lowest BCUT2D eigenvalue weighted by molar-refractivity contribution is -0.115. The number of nitrogens with one attached hydrogen (secondary N) is 1. The molecule has 0 aromatic heterocycles. The zero-order valence-corrected chi connectivity index (χ0v) is 14.9. The Balaban J connectivity index is 1.35. The average molecular weight is 367 g/mol. The molecule has 0 radical (unpaired) electrons. The van der Waals surface area contributed by atoms with Crippen LogP contribution in [-0.4, -0.2) is 47.2 Å². The van der Waals surface area contributed by atoms with Crippen LogP contribution < -0.4 is 5.32 Å². The summed E-state index contributed by atoms with van der Waals surface area (Å²) < 4.78 is 12.7. The second-order valence-corrected chi connectivity index (χ2v) is 8.31. The van der Waals surface area contributed by atoms with Crippen molar-refractivity contribution in [3.8, 4) is 0 Å². The molecule has 3 fully saturated rings. The summed E-state index contributed by atoms with van der Waals surface area (Å²) in [5.41, 5.74) is 0.372. The number of hydrogen-bond acceptors (Lipinski definition) is 3. The van der Waals surface area contributed by atoms with Gasteiger partial charge in [-0.1, -0.05) is 17.7 Å². The topological polar surface area (TPSA) is 52.6 Å². The van der Waals surface area contributed by atoms with E-state index < -0.39 is 12.3 Å². The fraction of sp³-hybridized carbons (Fsp3) is 0.632. The predicted octanol–water partition coefficient (Wildman–Crippen LogP) is 2.77. The van der Waals surface area contributed by atoms with Crippen LogP contribution in [0.15, 0.2) is 18.2 Å². The number of alkyl halides is 1. The molecular formula is C19H24ClFN2O2. The summed E-state index contributed by atoms with van der Waals surface area (Å²) in [5, 5.41) is 13.9. The molecule has 1 aliphatic heterocycles. The second kappa shape index (κ2) is 6.53. The van der Waals surface area contributed by atoms with E-state index >= 15 is 0 Å². The third-order valence-corrected chi connectivity index (χ3v) is 6.11. The first-order valence-corrected chi connectivity index (χ1v) is 9.46. The zero-order valence-electron chi connectivity index (χ0n) is 14.2.